The Morgan fingerprint density at radius 1 is 0.571 bits per heavy atom. The van der Waals surface area contributed by atoms with Crippen molar-refractivity contribution in [3.05, 3.63) is 29.8 Å². The Kier molecular flexibility index (Phi) is 14.2. The Morgan fingerprint density at radius 2 is 0.964 bits per heavy atom. The van der Waals surface area contributed by atoms with Crippen LogP contribution >= 0.6 is 0 Å². The molecule has 1 rings (SSSR count). The fraction of sp³-hybridized carbons (Fsp3) is 0.778. The summed E-state index contributed by atoms with van der Waals surface area (Å²) in [5.74, 6) is 0.527. The van der Waals surface area contributed by atoms with E-state index in [1.165, 1.54) is 115 Å². The van der Waals surface area contributed by atoms with Crippen LogP contribution in [0.1, 0.15) is 135 Å². The molecule has 0 aliphatic rings. The van der Waals surface area contributed by atoms with Gasteiger partial charge in [0.05, 0.1) is 0 Å². The number of benzene rings is 1. The number of para-hydroxylation sites is 1. The average molecular weight is 389 g/mol. The van der Waals surface area contributed by atoms with Gasteiger partial charge >= 0.3 is 0 Å². The molecular formula is C27H48O. The first-order chi connectivity index (χ1) is 13.7. The SMILES string of the molecule is CCCCCCCCC(CCCCCC)(CCCCCC)c1ccccc1O. The summed E-state index contributed by atoms with van der Waals surface area (Å²) < 4.78 is 0. The molecule has 0 aliphatic carbocycles. The van der Waals surface area contributed by atoms with Crippen LogP contribution < -0.4 is 0 Å². The van der Waals surface area contributed by atoms with Gasteiger partial charge in [-0.3, -0.25) is 0 Å². The molecule has 0 amide bonds. The number of hydrogen-bond acceptors (Lipinski definition) is 1. The van der Waals surface area contributed by atoms with Gasteiger partial charge in [-0.2, -0.15) is 0 Å². The normalized spacial score (nSPS) is 11.8. The van der Waals surface area contributed by atoms with E-state index in [2.05, 4.69) is 32.9 Å². The molecule has 0 bridgehead atoms. The quantitative estimate of drug-likeness (QED) is 0.248. The lowest BCUT2D eigenvalue weighted by Gasteiger charge is -2.36. The van der Waals surface area contributed by atoms with Gasteiger partial charge in [0.2, 0.25) is 0 Å². The van der Waals surface area contributed by atoms with E-state index in [1.807, 2.05) is 12.1 Å². The van der Waals surface area contributed by atoms with E-state index in [-0.39, 0.29) is 5.41 Å². The highest BCUT2D eigenvalue weighted by Gasteiger charge is 2.32. The van der Waals surface area contributed by atoms with Crippen molar-refractivity contribution in [1.82, 2.24) is 0 Å². The van der Waals surface area contributed by atoms with Gasteiger partial charge in [0, 0.05) is 5.56 Å². The van der Waals surface area contributed by atoms with Gasteiger partial charge in [-0.25, -0.2) is 0 Å². The summed E-state index contributed by atoms with van der Waals surface area (Å²) in [6.45, 7) is 6.87. The van der Waals surface area contributed by atoms with Gasteiger partial charge in [0.1, 0.15) is 5.75 Å². The number of phenolic OH excluding ortho intramolecular Hbond substituents is 1. The van der Waals surface area contributed by atoms with Crippen molar-refractivity contribution >= 4 is 0 Å². The second kappa shape index (κ2) is 15.9. The summed E-state index contributed by atoms with van der Waals surface area (Å²) in [5.41, 5.74) is 1.41. The minimum atomic E-state index is 0.178. The predicted octanol–water partition coefficient (Wildman–Crippen LogP) is 9.32. The monoisotopic (exact) mass is 388 g/mol. The van der Waals surface area contributed by atoms with Gasteiger partial charge in [0.15, 0.2) is 0 Å². The van der Waals surface area contributed by atoms with Crippen LogP contribution in [0.2, 0.25) is 0 Å². The molecule has 162 valence electrons. The van der Waals surface area contributed by atoms with Gasteiger partial charge in [-0.15, -0.1) is 0 Å². The molecule has 1 nitrogen and oxygen atoms in total. The summed E-state index contributed by atoms with van der Waals surface area (Å²) in [7, 11) is 0. The second-order valence-corrected chi connectivity index (χ2v) is 8.94. The Morgan fingerprint density at radius 3 is 1.43 bits per heavy atom. The molecule has 1 N–H and O–H groups in total. The Labute approximate surface area is 176 Å². The molecular weight excluding hydrogens is 340 g/mol. The highest BCUT2D eigenvalue weighted by molar-refractivity contribution is 5.38. The molecule has 1 aromatic carbocycles. The molecule has 28 heavy (non-hydrogen) atoms. The molecule has 0 saturated carbocycles. The third-order valence-corrected chi connectivity index (χ3v) is 6.50. The van der Waals surface area contributed by atoms with E-state index in [0.717, 1.165) is 0 Å². The minimum Gasteiger partial charge on any atom is -0.508 e. The molecule has 0 saturated heterocycles. The lowest BCUT2D eigenvalue weighted by molar-refractivity contribution is 0.290. The fourth-order valence-electron chi connectivity index (χ4n) is 4.73. The van der Waals surface area contributed by atoms with Crippen molar-refractivity contribution in [3.63, 3.8) is 0 Å². The highest BCUT2D eigenvalue weighted by Crippen LogP contribution is 2.44. The Balaban J connectivity index is 2.87. The largest absolute Gasteiger partial charge is 0.508 e. The van der Waals surface area contributed by atoms with Crippen LogP contribution in [0.4, 0.5) is 0 Å². The molecule has 1 heteroatoms. The molecule has 0 fully saturated rings. The average Bonchev–Trinajstić information content (AvgIpc) is 2.71. The highest BCUT2D eigenvalue weighted by atomic mass is 16.3. The minimum absolute atomic E-state index is 0.178. The second-order valence-electron chi connectivity index (χ2n) is 8.94. The molecule has 0 radical (unpaired) electrons. The lowest BCUT2D eigenvalue weighted by Crippen LogP contribution is -2.27. The van der Waals surface area contributed by atoms with Crippen molar-refractivity contribution in [2.24, 2.45) is 0 Å². The van der Waals surface area contributed by atoms with Crippen LogP contribution in [0.15, 0.2) is 24.3 Å². The maximum Gasteiger partial charge on any atom is 0.119 e. The van der Waals surface area contributed by atoms with E-state index < -0.39 is 0 Å². The molecule has 0 unspecified atom stereocenters. The van der Waals surface area contributed by atoms with Gasteiger partial charge in [0.25, 0.3) is 0 Å². The van der Waals surface area contributed by atoms with Crippen LogP contribution in [0, 0.1) is 0 Å². The zero-order valence-corrected chi connectivity index (χ0v) is 19.3. The first-order valence-electron chi connectivity index (χ1n) is 12.5. The van der Waals surface area contributed by atoms with Gasteiger partial charge in [-0.1, -0.05) is 129 Å². The topological polar surface area (TPSA) is 20.2 Å². The van der Waals surface area contributed by atoms with E-state index in [1.54, 1.807) is 0 Å². The summed E-state index contributed by atoms with van der Waals surface area (Å²) in [5, 5.41) is 10.7. The number of unbranched alkanes of at least 4 members (excludes halogenated alkanes) is 11. The van der Waals surface area contributed by atoms with E-state index >= 15 is 0 Å². The standard InChI is InChI=1S/C27H48O/c1-4-7-10-13-14-19-24-27(22-17-11-8-5-2,23-18-12-9-6-3)25-20-15-16-21-26(25)28/h15-16,20-21,28H,4-14,17-19,22-24H2,1-3H3. The number of hydrogen-bond donors (Lipinski definition) is 1. The summed E-state index contributed by atoms with van der Waals surface area (Å²) in [4.78, 5) is 0. The maximum absolute atomic E-state index is 10.7. The summed E-state index contributed by atoms with van der Waals surface area (Å²) >= 11 is 0. The van der Waals surface area contributed by atoms with Crippen LogP contribution in [-0.2, 0) is 5.41 Å². The number of phenols is 1. The molecule has 0 aliphatic heterocycles. The van der Waals surface area contributed by atoms with Crippen molar-refractivity contribution in [3.8, 4) is 5.75 Å². The zero-order valence-electron chi connectivity index (χ0n) is 19.3. The number of aromatic hydroxyl groups is 1. The first-order valence-corrected chi connectivity index (χ1v) is 12.5. The predicted molar refractivity (Wildman–Crippen MR) is 125 cm³/mol. The summed E-state index contributed by atoms with van der Waals surface area (Å²) in [6, 6.07) is 8.22. The van der Waals surface area contributed by atoms with Crippen molar-refractivity contribution in [2.75, 3.05) is 0 Å². The molecule has 0 spiro atoms. The van der Waals surface area contributed by atoms with E-state index in [0.29, 0.717) is 5.75 Å². The summed E-state index contributed by atoms with van der Waals surface area (Å²) in [6.07, 6.45) is 22.3. The molecule has 1 aromatic rings. The zero-order chi connectivity index (χ0) is 20.5. The van der Waals surface area contributed by atoms with E-state index in [4.69, 9.17) is 0 Å². The molecule has 0 atom stereocenters. The lowest BCUT2D eigenvalue weighted by atomic mass is 9.69. The van der Waals surface area contributed by atoms with Crippen molar-refractivity contribution in [2.45, 2.75) is 135 Å². The van der Waals surface area contributed by atoms with Crippen LogP contribution in [0.3, 0.4) is 0 Å². The van der Waals surface area contributed by atoms with Gasteiger partial charge < -0.3 is 5.11 Å². The smallest absolute Gasteiger partial charge is 0.119 e. The molecule has 0 heterocycles. The van der Waals surface area contributed by atoms with Crippen LogP contribution in [-0.4, -0.2) is 5.11 Å². The number of rotatable bonds is 18. The molecule has 0 aromatic heterocycles. The van der Waals surface area contributed by atoms with Crippen molar-refractivity contribution in [1.29, 1.82) is 0 Å². The van der Waals surface area contributed by atoms with E-state index in [9.17, 15) is 5.11 Å². The first kappa shape index (κ1) is 25.1. The maximum atomic E-state index is 10.7. The third-order valence-electron chi connectivity index (χ3n) is 6.50. The van der Waals surface area contributed by atoms with Crippen LogP contribution in [0.5, 0.6) is 5.75 Å². The third kappa shape index (κ3) is 9.48. The van der Waals surface area contributed by atoms with Crippen molar-refractivity contribution < 1.29 is 5.11 Å². The van der Waals surface area contributed by atoms with Gasteiger partial charge in [-0.05, 0) is 30.7 Å². The fourth-order valence-corrected chi connectivity index (χ4v) is 4.73. The van der Waals surface area contributed by atoms with Crippen LogP contribution in [0.25, 0.3) is 0 Å². The Hall–Kier alpha value is -0.980. The Bertz CT molecular complexity index is 467.